The smallest absolute Gasteiger partial charge is 0.338 e. The lowest BCUT2D eigenvalue weighted by atomic mass is 9.95. The number of fused-ring (bicyclic) bond motifs is 1. The topological polar surface area (TPSA) is 89.3 Å². The number of allylic oxidation sites excluding steroid dienone is 1. The highest BCUT2D eigenvalue weighted by Gasteiger charge is 2.34. The monoisotopic (exact) mass is 314 g/mol. The zero-order valence-corrected chi connectivity index (χ0v) is 13.0. The van der Waals surface area contributed by atoms with Gasteiger partial charge < -0.3 is 15.2 Å². The fraction of sp³-hybridized carbons (Fsp3) is 0.312. The second-order valence-corrected chi connectivity index (χ2v) is 5.33. The number of phenols is 1. The summed E-state index contributed by atoms with van der Waals surface area (Å²) < 4.78 is 6.93. The lowest BCUT2D eigenvalue weighted by Crippen LogP contribution is -2.29. The molecule has 1 aromatic carbocycles. The van der Waals surface area contributed by atoms with Crippen molar-refractivity contribution in [3.63, 3.8) is 0 Å². The quantitative estimate of drug-likeness (QED) is 0.841. The summed E-state index contributed by atoms with van der Waals surface area (Å²) in [6, 6.07) is 6.26. The highest BCUT2D eigenvalue weighted by atomic mass is 16.5. The molecule has 7 nitrogen and oxygen atoms in total. The largest absolute Gasteiger partial charge is 0.508 e. The van der Waals surface area contributed by atoms with Gasteiger partial charge in [0.25, 0.3) is 0 Å². The summed E-state index contributed by atoms with van der Waals surface area (Å²) in [5.74, 6) is 0.274. The third-order valence-corrected chi connectivity index (χ3v) is 3.64. The predicted octanol–water partition coefficient (Wildman–Crippen LogP) is 2.23. The number of nitrogens with zero attached hydrogens (tertiary/aromatic N) is 3. The summed E-state index contributed by atoms with van der Waals surface area (Å²) in [7, 11) is 0. The maximum atomic E-state index is 12.5. The Morgan fingerprint density at radius 1 is 1.48 bits per heavy atom. The second kappa shape index (κ2) is 6.12. The third-order valence-electron chi connectivity index (χ3n) is 3.64. The van der Waals surface area contributed by atoms with Gasteiger partial charge in [0.2, 0.25) is 5.95 Å². The van der Waals surface area contributed by atoms with Crippen molar-refractivity contribution < 1.29 is 14.6 Å². The molecule has 1 atom stereocenters. The molecule has 2 N–H and O–H groups in total. The zero-order chi connectivity index (χ0) is 16.4. The van der Waals surface area contributed by atoms with Crippen molar-refractivity contribution in [2.24, 2.45) is 0 Å². The van der Waals surface area contributed by atoms with Gasteiger partial charge in [0, 0.05) is 5.70 Å². The van der Waals surface area contributed by atoms with Crippen LogP contribution in [-0.2, 0) is 9.53 Å². The number of aromatic hydroxyl groups is 1. The molecule has 0 fully saturated rings. The average molecular weight is 314 g/mol. The molecule has 1 aliphatic heterocycles. The minimum Gasteiger partial charge on any atom is -0.508 e. The molecule has 2 aromatic rings. The Labute approximate surface area is 133 Å². The zero-order valence-electron chi connectivity index (χ0n) is 13.0. The van der Waals surface area contributed by atoms with Gasteiger partial charge in [-0.15, -0.1) is 0 Å². The number of hydrogen-bond acceptors (Lipinski definition) is 6. The predicted molar refractivity (Wildman–Crippen MR) is 83.8 cm³/mol. The van der Waals surface area contributed by atoms with Gasteiger partial charge in [-0.1, -0.05) is 19.1 Å². The van der Waals surface area contributed by atoms with Crippen molar-refractivity contribution in [3.8, 4) is 5.75 Å². The first kappa shape index (κ1) is 15.1. The fourth-order valence-corrected chi connectivity index (χ4v) is 2.63. The summed E-state index contributed by atoms with van der Waals surface area (Å²) in [6.45, 7) is 4.10. The molecule has 0 unspecified atom stereocenters. The number of hydrogen-bond donors (Lipinski definition) is 2. The number of ether oxygens (including phenoxy) is 1. The van der Waals surface area contributed by atoms with Crippen LogP contribution in [0.5, 0.6) is 5.75 Å². The van der Waals surface area contributed by atoms with E-state index < -0.39 is 12.0 Å². The highest BCUT2D eigenvalue weighted by molar-refractivity contribution is 5.92. The summed E-state index contributed by atoms with van der Waals surface area (Å²) in [5, 5.41) is 17.1. The van der Waals surface area contributed by atoms with Crippen molar-refractivity contribution in [1.82, 2.24) is 14.8 Å². The van der Waals surface area contributed by atoms with E-state index in [-0.39, 0.29) is 5.75 Å². The first-order valence-corrected chi connectivity index (χ1v) is 7.45. The molecule has 0 radical (unpaired) electrons. The standard InChI is InChI=1S/C16H18N4O3/c1-3-7-23-15(22)13-10(2)19-16-17-9-18-20(16)14(13)11-5-4-6-12(21)8-11/h4-6,8-9,14,21H,3,7H2,1-2H3,(H,17,18,19)/t14-/m0/s1. The molecule has 120 valence electrons. The second-order valence-electron chi connectivity index (χ2n) is 5.33. The molecule has 0 bridgehead atoms. The van der Waals surface area contributed by atoms with E-state index in [1.165, 1.54) is 6.33 Å². The molecular formula is C16H18N4O3. The number of carbonyl (C=O) groups excluding carboxylic acids is 1. The van der Waals surface area contributed by atoms with Crippen LogP contribution in [-0.4, -0.2) is 32.4 Å². The number of benzene rings is 1. The van der Waals surface area contributed by atoms with Crippen LogP contribution >= 0.6 is 0 Å². The molecule has 7 heteroatoms. The van der Waals surface area contributed by atoms with E-state index in [1.807, 2.05) is 13.0 Å². The number of phenolic OH excluding ortho intramolecular Hbond substituents is 1. The Kier molecular flexibility index (Phi) is 4.01. The van der Waals surface area contributed by atoms with E-state index >= 15 is 0 Å². The van der Waals surface area contributed by atoms with Gasteiger partial charge in [0.1, 0.15) is 18.1 Å². The number of nitrogens with one attached hydrogen (secondary N) is 1. The number of rotatable bonds is 4. The van der Waals surface area contributed by atoms with Gasteiger partial charge in [0.15, 0.2) is 0 Å². The minimum atomic E-state index is -0.495. The number of anilines is 1. The van der Waals surface area contributed by atoms with Crippen molar-refractivity contribution >= 4 is 11.9 Å². The van der Waals surface area contributed by atoms with Gasteiger partial charge in [-0.2, -0.15) is 10.1 Å². The van der Waals surface area contributed by atoms with Crippen LogP contribution in [0.15, 0.2) is 41.9 Å². The Balaban J connectivity index is 2.09. The number of aromatic nitrogens is 3. The molecule has 23 heavy (non-hydrogen) atoms. The molecule has 0 saturated heterocycles. The number of esters is 1. The highest BCUT2D eigenvalue weighted by Crippen LogP contribution is 2.36. The van der Waals surface area contributed by atoms with Gasteiger partial charge in [-0.05, 0) is 31.0 Å². The summed E-state index contributed by atoms with van der Waals surface area (Å²) in [6.07, 6.45) is 2.17. The number of carbonyl (C=O) groups is 1. The normalized spacial score (nSPS) is 16.7. The van der Waals surface area contributed by atoms with Crippen molar-refractivity contribution in [3.05, 3.63) is 47.4 Å². The minimum absolute atomic E-state index is 0.127. The van der Waals surface area contributed by atoms with E-state index in [1.54, 1.807) is 29.8 Å². The first-order valence-electron chi connectivity index (χ1n) is 7.45. The van der Waals surface area contributed by atoms with E-state index in [0.717, 1.165) is 12.0 Å². The van der Waals surface area contributed by atoms with Crippen LogP contribution in [0.2, 0.25) is 0 Å². The lowest BCUT2D eigenvalue weighted by molar-refractivity contribution is -0.139. The SMILES string of the molecule is CCCOC(=O)C1=C(C)Nc2ncnn2[C@H]1c1cccc(O)c1. The molecular weight excluding hydrogens is 296 g/mol. The van der Waals surface area contributed by atoms with Gasteiger partial charge >= 0.3 is 5.97 Å². The Hall–Kier alpha value is -2.83. The van der Waals surface area contributed by atoms with Crippen LogP contribution < -0.4 is 5.32 Å². The van der Waals surface area contributed by atoms with E-state index in [4.69, 9.17) is 4.74 Å². The molecule has 3 rings (SSSR count). The fourth-order valence-electron chi connectivity index (χ4n) is 2.63. The lowest BCUT2D eigenvalue weighted by Gasteiger charge is -2.28. The molecule has 1 aliphatic rings. The Morgan fingerprint density at radius 3 is 3.04 bits per heavy atom. The summed E-state index contributed by atoms with van der Waals surface area (Å²) in [4.78, 5) is 16.7. The molecule has 0 aliphatic carbocycles. The molecule has 0 saturated carbocycles. The van der Waals surface area contributed by atoms with Crippen molar-refractivity contribution in [1.29, 1.82) is 0 Å². The summed E-state index contributed by atoms with van der Waals surface area (Å²) >= 11 is 0. The molecule has 2 heterocycles. The van der Waals surface area contributed by atoms with Gasteiger partial charge in [0.05, 0.1) is 12.2 Å². The van der Waals surface area contributed by atoms with Crippen molar-refractivity contribution in [2.75, 3.05) is 11.9 Å². The first-order chi connectivity index (χ1) is 11.1. The van der Waals surface area contributed by atoms with E-state index in [2.05, 4.69) is 15.4 Å². The van der Waals surface area contributed by atoms with Crippen LogP contribution in [0.1, 0.15) is 31.9 Å². The average Bonchev–Trinajstić information content (AvgIpc) is 2.99. The Bertz CT molecular complexity index is 766. The molecule has 0 spiro atoms. The molecule has 0 amide bonds. The molecule has 1 aromatic heterocycles. The Morgan fingerprint density at radius 2 is 2.30 bits per heavy atom. The van der Waals surface area contributed by atoms with Gasteiger partial charge in [-0.25, -0.2) is 9.48 Å². The van der Waals surface area contributed by atoms with E-state index in [0.29, 0.717) is 23.8 Å². The maximum Gasteiger partial charge on any atom is 0.338 e. The van der Waals surface area contributed by atoms with E-state index in [9.17, 15) is 9.90 Å². The third kappa shape index (κ3) is 2.77. The van der Waals surface area contributed by atoms with Crippen LogP contribution in [0.25, 0.3) is 0 Å². The summed E-state index contributed by atoms with van der Waals surface area (Å²) in [5.41, 5.74) is 1.86. The van der Waals surface area contributed by atoms with Crippen molar-refractivity contribution in [2.45, 2.75) is 26.3 Å². The maximum absolute atomic E-state index is 12.5. The van der Waals surface area contributed by atoms with Crippen LogP contribution in [0, 0.1) is 0 Å². The van der Waals surface area contributed by atoms with Gasteiger partial charge in [-0.3, -0.25) is 0 Å². The van der Waals surface area contributed by atoms with Crippen LogP contribution in [0.4, 0.5) is 5.95 Å². The van der Waals surface area contributed by atoms with Crippen LogP contribution in [0.3, 0.4) is 0 Å².